The molecule has 20 heavy (non-hydrogen) atoms. The number of ether oxygens (including phenoxy) is 2. The van der Waals surface area contributed by atoms with Crippen molar-refractivity contribution in [2.24, 2.45) is 5.92 Å². The van der Waals surface area contributed by atoms with E-state index in [0.29, 0.717) is 0 Å². The molecule has 1 atom stereocenters. The van der Waals surface area contributed by atoms with Gasteiger partial charge in [0.25, 0.3) is 0 Å². The van der Waals surface area contributed by atoms with Gasteiger partial charge in [-0.05, 0) is 44.4 Å². The molecule has 3 nitrogen and oxygen atoms in total. The topological polar surface area (TPSA) is 30.5 Å². The summed E-state index contributed by atoms with van der Waals surface area (Å²) in [6.07, 6.45) is 5.05. The monoisotopic (exact) mass is 277 g/mol. The number of hydrogen-bond acceptors (Lipinski definition) is 3. The predicted molar refractivity (Wildman–Crippen MR) is 82.5 cm³/mol. The van der Waals surface area contributed by atoms with Crippen LogP contribution in [0.1, 0.15) is 51.1 Å². The van der Waals surface area contributed by atoms with Crippen LogP contribution in [-0.2, 0) is 0 Å². The van der Waals surface area contributed by atoms with E-state index in [0.717, 1.165) is 42.6 Å². The predicted octanol–water partition coefficient (Wildman–Crippen LogP) is 3.93. The van der Waals surface area contributed by atoms with E-state index in [4.69, 9.17) is 9.47 Å². The number of rotatable bonds is 9. The molecule has 1 aliphatic carbocycles. The number of nitrogens with one attached hydrogen (secondary N) is 1. The van der Waals surface area contributed by atoms with Crippen molar-refractivity contribution >= 4 is 0 Å². The van der Waals surface area contributed by atoms with Crippen molar-refractivity contribution in [3.63, 3.8) is 0 Å². The zero-order valence-corrected chi connectivity index (χ0v) is 12.9. The molecule has 1 saturated carbocycles. The molecule has 1 aromatic carbocycles. The van der Waals surface area contributed by atoms with E-state index >= 15 is 0 Å². The van der Waals surface area contributed by atoms with Crippen molar-refractivity contribution < 1.29 is 9.47 Å². The average molecular weight is 277 g/mol. The zero-order valence-electron chi connectivity index (χ0n) is 12.9. The van der Waals surface area contributed by atoms with Gasteiger partial charge in [0.1, 0.15) is 11.5 Å². The van der Waals surface area contributed by atoms with Gasteiger partial charge in [-0.25, -0.2) is 0 Å². The van der Waals surface area contributed by atoms with Crippen LogP contribution in [0.5, 0.6) is 11.5 Å². The molecule has 1 unspecified atom stereocenters. The van der Waals surface area contributed by atoms with Crippen molar-refractivity contribution in [3.05, 3.63) is 23.8 Å². The van der Waals surface area contributed by atoms with E-state index in [9.17, 15) is 0 Å². The quantitative estimate of drug-likeness (QED) is 0.741. The first-order chi connectivity index (χ1) is 9.76. The van der Waals surface area contributed by atoms with Gasteiger partial charge in [-0.2, -0.15) is 0 Å². The van der Waals surface area contributed by atoms with Crippen LogP contribution in [0.4, 0.5) is 0 Å². The fourth-order valence-electron chi connectivity index (χ4n) is 2.46. The van der Waals surface area contributed by atoms with E-state index in [1.165, 1.54) is 19.3 Å². The molecule has 112 valence electrons. The Labute approximate surface area is 122 Å². The summed E-state index contributed by atoms with van der Waals surface area (Å²) >= 11 is 0. The van der Waals surface area contributed by atoms with Crippen molar-refractivity contribution in [3.8, 4) is 11.5 Å². The van der Waals surface area contributed by atoms with E-state index < -0.39 is 0 Å². The summed E-state index contributed by atoms with van der Waals surface area (Å²) < 4.78 is 11.5. The van der Waals surface area contributed by atoms with Crippen molar-refractivity contribution in [1.82, 2.24) is 5.32 Å². The fourth-order valence-corrected chi connectivity index (χ4v) is 2.46. The third kappa shape index (κ3) is 4.14. The normalized spacial score (nSPS) is 15.9. The Hall–Kier alpha value is -1.22. The Morgan fingerprint density at radius 1 is 1.30 bits per heavy atom. The van der Waals surface area contributed by atoms with Gasteiger partial charge in [-0.15, -0.1) is 0 Å². The Balaban J connectivity index is 2.06. The Morgan fingerprint density at radius 2 is 2.05 bits per heavy atom. The van der Waals surface area contributed by atoms with E-state index in [1.807, 2.05) is 12.1 Å². The summed E-state index contributed by atoms with van der Waals surface area (Å²) in [5.41, 5.74) is 1.14. The molecule has 1 N–H and O–H groups in total. The van der Waals surface area contributed by atoms with Crippen LogP contribution in [0, 0.1) is 5.92 Å². The van der Waals surface area contributed by atoms with Gasteiger partial charge in [0.05, 0.1) is 19.3 Å². The molecule has 0 bridgehead atoms. The van der Waals surface area contributed by atoms with E-state index in [2.05, 4.69) is 25.2 Å². The molecule has 3 heteroatoms. The minimum Gasteiger partial charge on any atom is -0.496 e. The third-order valence-corrected chi connectivity index (χ3v) is 3.86. The molecule has 1 aliphatic rings. The molecule has 2 rings (SSSR count). The Kier molecular flexibility index (Phi) is 5.72. The van der Waals surface area contributed by atoms with Crippen LogP contribution in [0.15, 0.2) is 18.2 Å². The maximum absolute atomic E-state index is 6.01. The number of methoxy groups -OCH3 is 1. The van der Waals surface area contributed by atoms with Crippen molar-refractivity contribution in [2.75, 3.05) is 20.3 Å². The molecule has 0 radical (unpaired) electrons. The van der Waals surface area contributed by atoms with Crippen LogP contribution in [-0.4, -0.2) is 20.3 Å². The molecule has 0 heterocycles. The van der Waals surface area contributed by atoms with Gasteiger partial charge in [-0.3, -0.25) is 0 Å². The smallest absolute Gasteiger partial charge is 0.127 e. The minimum absolute atomic E-state index is 0.238. The van der Waals surface area contributed by atoms with Crippen LogP contribution in [0.3, 0.4) is 0 Å². The maximum atomic E-state index is 6.01. The first-order valence-electron chi connectivity index (χ1n) is 7.79. The molecule has 1 fully saturated rings. The van der Waals surface area contributed by atoms with Gasteiger partial charge < -0.3 is 14.8 Å². The van der Waals surface area contributed by atoms with Crippen LogP contribution >= 0.6 is 0 Å². The highest BCUT2D eigenvalue weighted by molar-refractivity contribution is 5.46. The highest BCUT2D eigenvalue weighted by atomic mass is 16.5. The second-order valence-corrected chi connectivity index (χ2v) is 5.63. The fraction of sp³-hybridized carbons (Fsp3) is 0.647. The Bertz CT molecular complexity index is 415. The standard InChI is InChI=1S/C17H27NO2/c1-4-11-18-13(2)17-15(19-3)6-5-7-16(17)20-12-10-14-8-9-14/h5-7,13-14,18H,4,8-12H2,1-3H3. The second-order valence-electron chi connectivity index (χ2n) is 5.63. The van der Waals surface area contributed by atoms with Crippen molar-refractivity contribution in [2.45, 2.75) is 45.6 Å². The molecular weight excluding hydrogens is 250 g/mol. The average Bonchev–Trinajstić information content (AvgIpc) is 3.28. The number of benzene rings is 1. The highest BCUT2D eigenvalue weighted by Crippen LogP contribution is 2.36. The van der Waals surface area contributed by atoms with Gasteiger partial charge in [0, 0.05) is 6.04 Å². The SMILES string of the molecule is CCCNC(C)c1c(OC)cccc1OCCC1CC1. The summed E-state index contributed by atoms with van der Waals surface area (Å²) in [5, 5.41) is 3.52. The van der Waals surface area contributed by atoms with Crippen LogP contribution in [0.25, 0.3) is 0 Å². The minimum atomic E-state index is 0.238. The highest BCUT2D eigenvalue weighted by Gasteiger charge is 2.22. The van der Waals surface area contributed by atoms with Crippen LogP contribution in [0.2, 0.25) is 0 Å². The maximum Gasteiger partial charge on any atom is 0.127 e. The molecule has 0 aliphatic heterocycles. The first kappa shape index (κ1) is 15.2. The summed E-state index contributed by atoms with van der Waals surface area (Å²) in [6.45, 7) is 6.16. The second kappa shape index (κ2) is 7.53. The van der Waals surface area contributed by atoms with Gasteiger partial charge in [0.15, 0.2) is 0 Å². The Morgan fingerprint density at radius 3 is 2.70 bits per heavy atom. The number of hydrogen-bond donors (Lipinski definition) is 1. The molecule has 0 saturated heterocycles. The lowest BCUT2D eigenvalue weighted by Crippen LogP contribution is -2.20. The molecule has 1 aromatic rings. The summed E-state index contributed by atoms with van der Waals surface area (Å²) in [5.74, 6) is 2.77. The lowest BCUT2D eigenvalue weighted by molar-refractivity contribution is 0.292. The lowest BCUT2D eigenvalue weighted by atomic mass is 10.1. The summed E-state index contributed by atoms with van der Waals surface area (Å²) in [7, 11) is 1.72. The molecular formula is C17H27NO2. The largest absolute Gasteiger partial charge is 0.496 e. The third-order valence-electron chi connectivity index (χ3n) is 3.86. The van der Waals surface area contributed by atoms with Gasteiger partial charge in [0.2, 0.25) is 0 Å². The van der Waals surface area contributed by atoms with Gasteiger partial charge >= 0.3 is 0 Å². The van der Waals surface area contributed by atoms with E-state index in [1.54, 1.807) is 7.11 Å². The molecule has 0 spiro atoms. The zero-order chi connectivity index (χ0) is 14.4. The van der Waals surface area contributed by atoms with Crippen molar-refractivity contribution in [1.29, 1.82) is 0 Å². The van der Waals surface area contributed by atoms with Gasteiger partial charge in [-0.1, -0.05) is 25.8 Å². The summed E-state index contributed by atoms with van der Waals surface area (Å²) in [6, 6.07) is 6.30. The van der Waals surface area contributed by atoms with E-state index in [-0.39, 0.29) is 6.04 Å². The summed E-state index contributed by atoms with van der Waals surface area (Å²) in [4.78, 5) is 0. The molecule has 0 amide bonds. The molecule has 0 aromatic heterocycles. The lowest BCUT2D eigenvalue weighted by Gasteiger charge is -2.21. The first-order valence-corrected chi connectivity index (χ1v) is 7.79. The van der Waals surface area contributed by atoms with Crippen LogP contribution < -0.4 is 14.8 Å².